The molecule has 0 aliphatic heterocycles. The third-order valence-corrected chi connectivity index (χ3v) is 4.54. The second kappa shape index (κ2) is 20.5. The maximum absolute atomic E-state index is 12.0. The van der Waals surface area contributed by atoms with Gasteiger partial charge in [-0.1, -0.05) is 0 Å². The van der Waals surface area contributed by atoms with E-state index in [2.05, 4.69) is 71.8 Å². The van der Waals surface area contributed by atoms with E-state index < -0.39 is 30.1 Å². The first-order valence-electron chi connectivity index (χ1n) is 10.0. The zero-order valence-corrected chi connectivity index (χ0v) is 21.7. The molecule has 0 saturated carbocycles. The summed E-state index contributed by atoms with van der Waals surface area (Å²) in [4.78, 5) is 35.9. The highest BCUT2D eigenvalue weighted by Gasteiger charge is 2.37. The summed E-state index contributed by atoms with van der Waals surface area (Å²) < 4.78 is 21.1. The number of hydrogen-bond donors (Lipinski definition) is 9. The molecular weight excluding hydrogens is 516 g/mol. The van der Waals surface area contributed by atoms with Crippen LogP contribution in [-0.2, 0) is 18.9 Å². The molecule has 0 aromatic rings. The molecule has 3 amide bonds. The van der Waals surface area contributed by atoms with Crippen molar-refractivity contribution < 1.29 is 38.4 Å². The van der Waals surface area contributed by atoms with Crippen molar-refractivity contribution in [2.45, 2.75) is 6.41 Å². The molecule has 12 nitrogen and oxygen atoms in total. The number of amides is 3. The van der Waals surface area contributed by atoms with Crippen molar-refractivity contribution in [3.8, 4) is 0 Å². The molecule has 33 heavy (non-hydrogen) atoms. The van der Waals surface area contributed by atoms with E-state index >= 15 is 0 Å². The average Bonchev–Trinajstić information content (AvgIpc) is 2.82. The Labute approximate surface area is 215 Å². The van der Waals surface area contributed by atoms with Crippen LogP contribution in [0.1, 0.15) is 0 Å². The molecule has 1 unspecified atom stereocenters. The van der Waals surface area contributed by atoms with Crippen LogP contribution in [0.4, 0.5) is 14.4 Å². The molecule has 194 valence electrons. The Morgan fingerprint density at radius 3 is 1.36 bits per heavy atom. The summed E-state index contributed by atoms with van der Waals surface area (Å²) in [5.74, 6) is 1.64. The predicted octanol–water partition coefficient (Wildman–Crippen LogP) is -0.247. The predicted molar refractivity (Wildman–Crippen MR) is 136 cm³/mol. The molecule has 0 aliphatic carbocycles. The van der Waals surface area contributed by atoms with Crippen molar-refractivity contribution in [1.82, 2.24) is 21.3 Å². The van der Waals surface area contributed by atoms with Crippen LogP contribution in [0.15, 0.2) is 0 Å². The van der Waals surface area contributed by atoms with E-state index in [0.717, 1.165) is 0 Å². The summed E-state index contributed by atoms with van der Waals surface area (Å²) in [6.45, 7) is -0.215. The van der Waals surface area contributed by atoms with Crippen molar-refractivity contribution in [3.63, 3.8) is 0 Å². The van der Waals surface area contributed by atoms with Crippen LogP contribution in [0.5, 0.6) is 0 Å². The quantitative estimate of drug-likeness (QED) is 0.0638. The molecule has 0 radical (unpaired) electrons. The molecule has 0 fully saturated rings. The van der Waals surface area contributed by atoms with Gasteiger partial charge in [-0.25, -0.2) is 14.4 Å². The molecule has 0 heterocycles. The molecule has 1 atom stereocenters. The lowest BCUT2D eigenvalue weighted by molar-refractivity contribution is -0.162. The minimum absolute atomic E-state index is 0.267. The maximum atomic E-state index is 12.0. The molecule has 0 spiro atoms. The summed E-state index contributed by atoms with van der Waals surface area (Å²) in [5.41, 5.74) is -1.33. The van der Waals surface area contributed by atoms with Gasteiger partial charge in [-0.3, -0.25) is 5.32 Å². The second-order valence-electron chi connectivity index (χ2n) is 6.52. The van der Waals surface area contributed by atoms with Crippen LogP contribution in [0.25, 0.3) is 0 Å². The Morgan fingerprint density at radius 1 is 0.667 bits per heavy atom. The topological polar surface area (TPSA) is 156 Å². The van der Waals surface area contributed by atoms with Gasteiger partial charge >= 0.3 is 18.3 Å². The zero-order chi connectivity index (χ0) is 25.0. The van der Waals surface area contributed by atoms with Gasteiger partial charge in [0.1, 0.15) is 19.8 Å². The number of aliphatic hydroxyl groups excluding tert-OH is 1. The van der Waals surface area contributed by atoms with Gasteiger partial charge in [0.25, 0.3) is 0 Å². The Morgan fingerprint density at radius 2 is 1.03 bits per heavy atom. The Bertz CT molecular complexity index is 505. The fraction of sp³-hybridized carbons (Fsp3) is 0.824. The van der Waals surface area contributed by atoms with Crippen molar-refractivity contribution in [3.05, 3.63) is 0 Å². The summed E-state index contributed by atoms with van der Waals surface area (Å²) in [6.07, 6.45) is -3.63. The Kier molecular flexibility index (Phi) is 19.9. The van der Waals surface area contributed by atoms with Gasteiger partial charge in [0.15, 0.2) is 0 Å². The highest BCUT2D eigenvalue weighted by molar-refractivity contribution is 7.80. The molecular formula is C17H34N4O8S4. The highest BCUT2D eigenvalue weighted by atomic mass is 32.1. The maximum Gasteiger partial charge on any atom is 0.407 e. The van der Waals surface area contributed by atoms with Crippen LogP contribution in [-0.4, -0.2) is 105 Å². The summed E-state index contributed by atoms with van der Waals surface area (Å²) in [7, 11) is 0. The van der Waals surface area contributed by atoms with Gasteiger partial charge in [0.2, 0.25) is 6.41 Å². The molecule has 0 aromatic heterocycles. The van der Waals surface area contributed by atoms with Gasteiger partial charge < -0.3 is 40.0 Å². The van der Waals surface area contributed by atoms with E-state index in [1.54, 1.807) is 0 Å². The van der Waals surface area contributed by atoms with Gasteiger partial charge in [0, 0.05) is 49.2 Å². The first-order chi connectivity index (χ1) is 15.8. The minimum atomic E-state index is -1.38. The molecule has 0 aliphatic rings. The number of carbonyl (C=O) groups is 3. The van der Waals surface area contributed by atoms with Gasteiger partial charge in [-0.05, 0) is 0 Å². The smallest absolute Gasteiger partial charge is 0.407 e. The lowest BCUT2D eigenvalue weighted by Crippen LogP contribution is -2.48. The van der Waals surface area contributed by atoms with Crippen molar-refractivity contribution in [2.75, 3.05) is 75.6 Å². The first-order valence-corrected chi connectivity index (χ1v) is 12.5. The number of ether oxygens (including phenoxy) is 4. The lowest BCUT2D eigenvalue weighted by atomic mass is 9.92. The van der Waals surface area contributed by atoms with E-state index in [4.69, 9.17) is 18.9 Å². The number of carbonyl (C=O) groups excluding carboxylic acids is 3. The zero-order valence-electron chi connectivity index (χ0n) is 18.2. The Balaban J connectivity index is 5.40. The second-order valence-corrected chi connectivity index (χ2v) is 8.31. The van der Waals surface area contributed by atoms with E-state index in [1.807, 2.05) is 0 Å². The van der Waals surface area contributed by atoms with Crippen LogP contribution in [0.3, 0.4) is 0 Å². The van der Waals surface area contributed by atoms with Crippen LogP contribution in [0, 0.1) is 5.41 Å². The standard InChI is InChI=1S/C17H34N4O8S4/c22-13(18-1-5-30)26-9-17(10-27-14(23)19-2-6-31,11-28-15(24)20-3-7-32)12-29-16(25)21-4-8-33/h13,18,22,30-33H,1-12H2,(H,19,23)(H,20,24)(H,21,25). The molecule has 5 N–H and O–H groups in total. The largest absolute Gasteiger partial charge is 0.449 e. The lowest BCUT2D eigenvalue weighted by Gasteiger charge is -2.32. The minimum Gasteiger partial charge on any atom is -0.449 e. The number of thiol groups is 4. The number of rotatable bonds is 18. The van der Waals surface area contributed by atoms with E-state index in [1.165, 1.54) is 0 Å². The number of nitrogens with one attached hydrogen (secondary N) is 4. The van der Waals surface area contributed by atoms with Crippen molar-refractivity contribution in [2.24, 2.45) is 5.41 Å². The molecule has 16 heteroatoms. The van der Waals surface area contributed by atoms with Gasteiger partial charge in [-0.15, -0.1) is 0 Å². The third-order valence-electron chi connectivity index (χ3n) is 3.65. The molecule has 0 saturated heterocycles. The average molecular weight is 551 g/mol. The van der Waals surface area contributed by atoms with Crippen molar-refractivity contribution >= 4 is 68.8 Å². The van der Waals surface area contributed by atoms with E-state index in [9.17, 15) is 19.5 Å². The van der Waals surface area contributed by atoms with E-state index in [0.29, 0.717) is 29.6 Å². The normalized spacial score (nSPS) is 11.9. The van der Waals surface area contributed by atoms with E-state index in [-0.39, 0.29) is 46.1 Å². The fourth-order valence-electron chi connectivity index (χ4n) is 2.04. The van der Waals surface area contributed by atoms with Gasteiger partial charge in [0.05, 0.1) is 12.0 Å². The summed E-state index contributed by atoms with van der Waals surface area (Å²) in [6, 6.07) is 0. The number of hydrogen-bond acceptors (Lipinski definition) is 13. The van der Waals surface area contributed by atoms with Crippen LogP contribution in [0.2, 0.25) is 0 Å². The monoisotopic (exact) mass is 550 g/mol. The first kappa shape index (κ1) is 32.1. The van der Waals surface area contributed by atoms with Gasteiger partial charge in [-0.2, -0.15) is 50.5 Å². The molecule has 0 aromatic carbocycles. The number of alkyl carbamates (subject to hydrolysis) is 3. The molecule has 0 rings (SSSR count). The summed E-state index contributed by atoms with van der Waals surface area (Å²) >= 11 is 16.0. The number of aliphatic hydroxyl groups is 1. The SMILES string of the molecule is O=C(NCCS)OCC(COC(=O)NCCS)(COC(=O)NCCS)COC(O)NCCS. The Hall–Kier alpha value is -0.910. The fourth-order valence-corrected chi connectivity index (χ4v) is 2.50. The summed E-state index contributed by atoms with van der Waals surface area (Å²) in [5, 5.41) is 20.1. The van der Waals surface area contributed by atoms with Crippen LogP contribution < -0.4 is 21.3 Å². The van der Waals surface area contributed by atoms with Crippen molar-refractivity contribution in [1.29, 1.82) is 0 Å². The van der Waals surface area contributed by atoms with Crippen LogP contribution >= 0.6 is 50.5 Å². The highest BCUT2D eigenvalue weighted by Crippen LogP contribution is 2.21. The molecule has 0 bridgehead atoms. The third kappa shape index (κ3) is 17.2.